The van der Waals surface area contributed by atoms with Gasteiger partial charge in [0.2, 0.25) is 10.0 Å². The number of sulfonamides is 1. The number of alkyl halides is 1. The summed E-state index contributed by atoms with van der Waals surface area (Å²) < 4.78 is 31.7. The Morgan fingerprint density at radius 3 is 2.61 bits per heavy atom. The highest BCUT2D eigenvalue weighted by atomic mass is 79.9. The molecule has 1 aromatic rings. The highest BCUT2D eigenvalue weighted by Gasteiger charge is 2.31. The van der Waals surface area contributed by atoms with Crippen molar-refractivity contribution in [2.45, 2.75) is 23.2 Å². The molecule has 1 aromatic carbocycles. The predicted molar refractivity (Wildman–Crippen MR) is 73.2 cm³/mol. The Bertz CT molecular complexity index is 501. The maximum absolute atomic E-state index is 12.5. The van der Waals surface area contributed by atoms with Gasteiger partial charge in [-0.15, -0.1) is 0 Å². The third kappa shape index (κ3) is 2.77. The molecule has 0 aromatic heterocycles. The van der Waals surface area contributed by atoms with Crippen LogP contribution in [0.4, 0.5) is 0 Å². The zero-order chi connectivity index (χ0) is 13.2. The van der Waals surface area contributed by atoms with Gasteiger partial charge in [-0.05, 0) is 24.6 Å². The number of hydrogen-bond donors (Lipinski definition) is 0. The second kappa shape index (κ2) is 5.69. The van der Waals surface area contributed by atoms with Gasteiger partial charge in [-0.3, -0.25) is 0 Å². The number of ether oxygens (including phenoxy) is 1. The molecule has 1 aliphatic rings. The predicted octanol–water partition coefficient (Wildman–Crippen LogP) is 1.99. The molecule has 1 aliphatic heterocycles. The molecule has 0 aliphatic carbocycles. The van der Waals surface area contributed by atoms with E-state index in [1.54, 1.807) is 12.1 Å². The Morgan fingerprint density at radius 1 is 1.39 bits per heavy atom. The van der Waals surface area contributed by atoms with Crippen LogP contribution in [-0.4, -0.2) is 38.5 Å². The van der Waals surface area contributed by atoms with Gasteiger partial charge in [0, 0.05) is 17.9 Å². The maximum Gasteiger partial charge on any atom is 0.243 e. The highest BCUT2D eigenvalue weighted by molar-refractivity contribution is 9.08. The molecule has 0 N–H and O–H groups in total. The SMILES string of the molecule is C[C@@H]1COCCN1S(=O)(=O)c1ccc(CBr)cc1. The molecule has 1 fully saturated rings. The van der Waals surface area contributed by atoms with E-state index in [-0.39, 0.29) is 6.04 Å². The third-order valence-corrected chi connectivity index (χ3v) is 5.67. The fourth-order valence-electron chi connectivity index (χ4n) is 1.95. The average molecular weight is 334 g/mol. The van der Waals surface area contributed by atoms with Gasteiger partial charge in [0.25, 0.3) is 0 Å². The summed E-state index contributed by atoms with van der Waals surface area (Å²) in [6, 6.07) is 6.86. The molecule has 100 valence electrons. The van der Waals surface area contributed by atoms with Crippen LogP contribution >= 0.6 is 15.9 Å². The normalized spacial score (nSPS) is 22.0. The van der Waals surface area contributed by atoms with E-state index < -0.39 is 10.0 Å². The molecular formula is C12H16BrNO3S. The molecule has 2 rings (SSSR count). The number of benzene rings is 1. The maximum atomic E-state index is 12.5. The van der Waals surface area contributed by atoms with Gasteiger partial charge >= 0.3 is 0 Å². The van der Waals surface area contributed by atoms with Crippen molar-refractivity contribution in [1.82, 2.24) is 4.31 Å². The molecule has 0 spiro atoms. The van der Waals surface area contributed by atoms with Crippen molar-refractivity contribution >= 4 is 26.0 Å². The average Bonchev–Trinajstić information content (AvgIpc) is 2.39. The lowest BCUT2D eigenvalue weighted by molar-refractivity contribution is 0.0393. The quantitative estimate of drug-likeness (QED) is 0.795. The van der Waals surface area contributed by atoms with Gasteiger partial charge in [-0.1, -0.05) is 28.1 Å². The summed E-state index contributed by atoms with van der Waals surface area (Å²) in [4.78, 5) is 0.348. The monoisotopic (exact) mass is 333 g/mol. The van der Waals surface area contributed by atoms with Crippen molar-refractivity contribution in [2.75, 3.05) is 19.8 Å². The standard InChI is InChI=1S/C12H16BrNO3S/c1-10-9-17-7-6-14(10)18(15,16)12-4-2-11(8-13)3-5-12/h2-5,10H,6-9H2,1H3/t10-/m1/s1. The van der Waals surface area contributed by atoms with E-state index in [0.717, 1.165) is 10.9 Å². The number of halogens is 1. The Morgan fingerprint density at radius 2 is 2.06 bits per heavy atom. The van der Waals surface area contributed by atoms with Gasteiger partial charge in [0.15, 0.2) is 0 Å². The first-order valence-corrected chi connectivity index (χ1v) is 8.36. The van der Waals surface area contributed by atoms with Crippen LogP contribution in [-0.2, 0) is 20.1 Å². The first-order valence-electron chi connectivity index (χ1n) is 5.80. The van der Waals surface area contributed by atoms with Gasteiger partial charge in [0.05, 0.1) is 18.1 Å². The van der Waals surface area contributed by atoms with E-state index in [9.17, 15) is 8.42 Å². The first kappa shape index (κ1) is 14.0. The van der Waals surface area contributed by atoms with Crippen LogP contribution in [0.2, 0.25) is 0 Å². The van der Waals surface area contributed by atoms with Crippen molar-refractivity contribution in [3.63, 3.8) is 0 Å². The molecule has 4 nitrogen and oxygen atoms in total. The van der Waals surface area contributed by atoms with E-state index in [0.29, 0.717) is 24.7 Å². The molecule has 0 amide bonds. The Labute approximate surface area is 116 Å². The Kier molecular flexibility index (Phi) is 4.42. The van der Waals surface area contributed by atoms with Gasteiger partial charge in [-0.25, -0.2) is 8.42 Å². The topological polar surface area (TPSA) is 46.6 Å². The number of rotatable bonds is 3. The van der Waals surface area contributed by atoms with E-state index in [1.165, 1.54) is 4.31 Å². The van der Waals surface area contributed by atoms with E-state index >= 15 is 0 Å². The van der Waals surface area contributed by atoms with E-state index in [2.05, 4.69) is 15.9 Å². The first-order chi connectivity index (χ1) is 8.55. The van der Waals surface area contributed by atoms with E-state index in [1.807, 2.05) is 19.1 Å². The van der Waals surface area contributed by atoms with Crippen LogP contribution in [0.5, 0.6) is 0 Å². The molecule has 1 heterocycles. The summed E-state index contributed by atoms with van der Waals surface area (Å²) in [5.41, 5.74) is 1.06. The second-order valence-electron chi connectivity index (χ2n) is 4.32. The summed E-state index contributed by atoms with van der Waals surface area (Å²) in [7, 11) is -3.40. The molecule has 0 saturated carbocycles. The summed E-state index contributed by atoms with van der Waals surface area (Å²) in [5.74, 6) is 0. The lowest BCUT2D eigenvalue weighted by Gasteiger charge is -2.32. The fourth-order valence-corrected chi connectivity index (χ4v) is 3.93. The third-order valence-electron chi connectivity index (χ3n) is 2.99. The van der Waals surface area contributed by atoms with Crippen LogP contribution in [0, 0.1) is 0 Å². The second-order valence-corrected chi connectivity index (χ2v) is 6.77. The van der Waals surface area contributed by atoms with Gasteiger partial charge in [-0.2, -0.15) is 4.31 Å². The zero-order valence-electron chi connectivity index (χ0n) is 10.2. The van der Waals surface area contributed by atoms with Crippen LogP contribution < -0.4 is 0 Å². The van der Waals surface area contributed by atoms with E-state index in [4.69, 9.17) is 4.74 Å². The minimum Gasteiger partial charge on any atom is -0.378 e. The molecular weight excluding hydrogens is 318 g/mol. The van der Waals surface area contributed by atoms with Crippen LogP contribution in [0.3, 0.4) is 0 Å². The fraction of sp³-hybridized carbons (Fsp3) is 0.500. The van der Waals surface area contributed by atoms with Gasteiger partial charge in [0.1, 0.15) is 0 Å². The summed E-state index contributed by atoms with van der Waals surface area (Å²) in [5, 5.41) is 0.723. The molecule has 0 unspecified atom stereocenters. The highest BCUT2D eigenvalue weighted by Crippen LogP contribution is 2.21. The van der Waals surface area contributed by atoms with Crippen LogP contribution in [0.1, 0.15) is 12.5 Å². The zero-order valence-corrected chi connectivity index (χ0v) is 12.6. The largest absolute Gasteiger partial charge is 0.378 e. The van der Waals surface area contributed by atoms with Crippen molar-refractivity contribution in [1.29, 1.82) is 0 Å². The molecule has 1 saturated heterocycles. The summed E-state index contributed by atoms with van der Waals surface area (Å²) >= 11 is 3.34. The molecule has 0 radical (unpaired) electrons. The Balaban J connectivity index is 2.28. The molecule has 18 heavy (non-hydrogen) atoms. The van der Waals surface area contributed by atoms with Crippen molar-refractivity contribution in [3.05, 3.63) is 29.8 Å². The van der Waals surface area contributed by atoms with Crippen molar-refractivity contribution < 1.29 is 13.2 Å². The minimum absolute atomic E-state index is 0.111. The molecule has 1 atom stereocenters. The lowest BCUT2D eigenvalue weighted by Crippen LogP contribution is -2.46. The molecule has 0 bridgehead atoms. The number of hydrogen-bond acceptors (Lipinski definition) is 3. The summed E-state index contributed by atoms with van der Waals surface area (Å²) in [6.45, 7) is 3.20. The van der Waals surface area contributed by atoms with Crippen molar-refractivity contribution in [2.24, 2.45) is 0 Å². The van der Waals surface area contributed by atoms with Crippen molar-refractivity contribution in [3.8, 4) is 0 Å². The molecule has 6 heteroatoms. The van der Waals surface area contributed by atoms with Gasteiger partial charge < -0.3 is 4.74 Å². The van der Waals surface area contributed by atoms with Crippen LogP contribution in [0.25, 0.3) is 0 Å². The lowest BCUT2D eigenvalue weighted by atomic mass is 10.2. The smallest absolute Gasteiger partial charge is 0.243 e. The summed E-state index contributed by atoms with van der Waals surface area (Å²) in [6.07, 6.45) is 0. The Hall–Kier alpha value is -0.430. The minimum atomic E-state index is -3.40. The van der Waals surface area contributed by atoms with Crippen LogP contribution in [0.15, 0.2) is 29.2 Å². The number of morpholine rings is 1. The number of nitrogens with zero attached hydrogens (tertiary/aromatic N) is 1.